The van der Waals surface area contributed by atoms with Crippen LogP contribution < -0.4 is 0 Å². The average Bonchev–Trinajstić information content (AvgIpc) is 3.26. The first-order chi connectivity index (χ1) is 11.9. The molecule has 0 spiro atoms. The molecule has 11 heteroatoms. The molecule has 1 N–H and O–H groups in total. The van der Waals surface area contributed by atoms with E-state index in [9.17, 15) is 13.2 Å². The second kappa shape index (κ2) is 6.15. The summed E-state index contributed by atoms with van der Waals surface area (Å²) < 4.78 is 28.3. The van der Waals surface area contributed by atoms with Gasteiger partial charge >= 0.3 is 0 Å². The van der Waals surface area contributed by atoms with Gasteiger partial charge in [0.2, 0.25) is 0 Å². The largest absolute Gasteiger partial charge is 0.347 e. The summed E-state index contributed by atoms with van der Waals surface area (Å²) in [4.78, 5) is 24.3. The Morgan fingerprint density at radius 1 is 1.36 bits per heavy atom. The maximum Gasteiger partial charge on any atom is 0.267 e. The van der Waals surface area contributed by atoms with Crippen molar-refractivity contribution in [1.82, 2.24) is 29.4 Å². The molecule has 25 heavy (non-hydrogen) atoms. The van der Waals surface area contributed by atoms with Crippen molar-refractivity contribution in [2.24, 2.45) is 0 Å². The number of carbonyl (C=O) groups is 1. The average molecular weight is 382 g/mol. The van der Waals surface area contributed by atoms with E-state index in [1.165, 1.54) is 0 Å². The molecule has 134 valence electrons. The molecule has 0 bridgehead atoms. The predicted molar refractivity (Wildman–Crippen MR) is 90.9 cm³/mol. The van der Waals surface area contributed by atoms with E-state index >= 15 is 0 Å². The number of hydrogen-bond acceptors (Lipinski definition) is 8. The van der Waals surface area contributed by atoms with Crippen LogP contribution in [0, 0.1) is 6.92 Å². The van der Waals surface area contributed by atoms with Gasteiger partial charge in [-0.15, -0.1) is 5.10 Å². The Labute approximate surface area is 149 Å². The lowest BCUT2D eigenvalue weighted by Crippen LogP contribution is -2.60. The monoisotopic (exact) mass is 382 g/mol. The van der Waals surface area contributed by atoms with Gasteiger partial charge in [0.1, 0.15) is 4.88 Å². The number of nitrogens with zero attached hydrogens (tertiary/aromatic N) is 5. The number of sulfone groups is 1. The standard InChI is InChI=1S/C14H18N6O3S2/c1-9-13(24-18-17-9)14(21)20-3-2-19(5-10-4-15-8-16-10)11-6-25(22,23)7-12(11)20/h4,8,11-12H,2-3,5-7H2,1H3,(H,15,16)/t11-,12+/m1/s1. The van der Waals surface area contributed by atoms with Gasteiger partial charge in [0.05, 0.1) is 29.6 Å². The molecule has 2 fully saturated rings. The summed E-state index contributed by atoms with van der Waals surface area (Å²) in [6.07, 6.45) is 3.35. The summed E-state index contributed by atoms with van der Waals surface area (Å²) in [5.74, 6) is -0.0790. The molecule has 2 atom stereocenters. The Bertz CT molecular complexity index is 878. The van der Waals surface area contributed by atoms with Crippen LogP contribution in [0.15, 0.2) is 12.5 Å². The number of aromatic amines is 1. The van der Waals surface area contributed by atoms with Crippen molar-refractivity contribution in [2.45, 2.75) is 25.6 Å². The molecule has 2 aromatic rings. The Balaban J connectivity index is 1.60. The van der Waals surface area contributed by atoms with E-state index in [-0.39, 0.29) is 29.5 Å². The van der Waals surface area contributed by atoms with E-state index < -0.39 is 9.84 Å². The molecule has 9 nitrogen and oxygen atoms in total. The highest BCUT2D eigenvalue weighted by Gasteiger charge is 2.48. The molecule has 4 heterocycles. The molecule has 2 saturated heterocycles. The Morgan fingerprint density at radius 2 is 2.16 bits per heavy atom. The van der Waals surface area contributed by atoms with Crippen LogP contribution in [-0.2, 0) is 16.4 Å². The van der Waals surface area contributed by atoms with Gasteiger partial charge in [-0.3, -0.25) is 9.69 Å². The molecule has 0 aromatic carbocycles. The van der Waals surface area contributed by atoms with E-state index in [2.05, 4.69) is 24.5 Å². The Kier molecular flexibility index (Phi) is 4.08. The maximum atomic E-state index is 12.9. The topological polar surface area (TPSA) is 112 Å². The molecular weight excluding hydrogens is 364 g/mol. The van der Waals surface area contributed by atoms with E-state index in [4.69, 9.17) is 0 Å². The highest BCUT2D eigenvalue weighted by molar-refractivity contribution is 7.91. The number of H-pyrrole nitrogens is 1. The van der Waals surface area contributed by atoms with Crippen molar-refractivity contribution in [3.05, 3.63) is 28.8 Å². The zero-order chi connectivity index (χ0) is 17.6. The number of fused-ring (bicyclic) bond motifs is 1. The number of aryl methyl sites for hydroxylation is 1. The number of imidazole rings is 1. The van der Waals surface area contributed by atoms with E-state index in [0.29, 0.717) is 30.2 Å². The van der Waals surface area contributed by atoms with Crippen molar-refractivity contribution in [3.63, 3.8) is 0 Å². The lowest BCUT2D eigenvalue weighted by Gasteiger charge is -2.43. The molecular formula is C14H18N6O3S2. The van der Waals surface area contributed by atoms with Crippen LogP contribution in [0.5, 0.6) is 0 Å². The van der Waals surface area contributed by atoms with Gasteiger partial charge in [-0.05, 0) is 18.5 Å². The van der Waals surface area contributed by atoms with Crippen LogP contribution in [-0.4, -0.2) is 80.4 Å². The fourth-order valence-electron chi connectivity index (χ4n) is 3.62. The summed E-state index contributed by atoms with van der Waals surface area (Å²) in [5.41, 5.74) is 1.53. The summed E-state index contributed by atoms with van der Waals surface area (Å²) in [6, 6.07) is -0.539. The summed E-state index contributed by atoms with van der Waals surface area (Å²) in [6.45, 7) is 3.45. The van der Waals surface area contributed by atoms with Gasteiger partial charge in [-0.25, -0.2) is 13.4 Å². The predicted octanol–water partition coefficient (Wildman–Crippen LogP) is -0.307. The van der Waals surface area contributed by atoms with Crippen LogP contribution in [0.4, 0.5) is 0 Å². The van der Waals surface area contributed by atoms with E-state index in [0.717, 1.165) is 17.2 Å². The lowest BCUT2D eigenvalue weighted by atomic mass is 10.0. The van der Waals surface area contributed by atoms with Gasteiger partial charge in [0.15, 0.2) is 9.84 Å². The molecule has 2 aliphatic rings. The molecule has 4 rings (SSSR count). The second-order valence-corrected chi connectivity index (χ2v) is 9.35. The van der Waals surface area contributed by atoms with Gasteiger partial charge in [0.25, 0.3) is 5.91 Å². The highest BCUT2D eigenvalue weighted by atomic mass is 32.2. The van der Waals surface area contributed by atoms with Crippen LogP contribution in [0.3, 0.4) is 0 Å². The zero-order valence-electron chi connectivity index (χ0n) is 13.6. The second-order valence-electron chi connectivity index (χ2n) is 6.44. The fraction of sp³-hybridized carbons (Fsp3) is 0.571. The fourth-order valence-corrected chi connectivity index (χ4v) is 6.25. The lowest BCUT2D eigenvalue weighted by molar-refractivity contribution is 0.0306. The first-order valence-electron chi connectivity index (χ1n) is 7.96. The number of amides is 1. The molecule has 2 aliphatic heterocycles. The number of nitrogens with one attached hydrogen (secondary N) is 1. The van der Waals surface area contributed by atoms with Gasteiger partial charge in [-0.2, -0.15) is 0 Å². The Morgan fingerprint density at radius 3 is 2.84 bits per heavy atom. The van der Waals surface area contributed by atoms with Crippen LogP contribution >= 0.6 is 11.5 Å². The molecule has 0 aliphatic carbocycles. The van der Waals surface area contributed by atoms with Crippen molar-refractivity contribution in [2.75, 3.05) is 24.6 Å². The normalized spacial score (nSPS) is 25.9. The van der Waals surface area contributed by atoms with Crippen LogP contribution in [0.1, 0.15) is 21.1 Å². The van der Waals surface area contributed by atoms with Crippen LogP contribution in [0.2, 0.25) is 0 Å². The van der Waals surface area contributed by atoms with Crippen molar-refractivity contribution in [1.29, 1.82) is 0 Å². The number of piperazine rings is 1. The van der Waals surface area contributed by atoms with Crippen LogP contribution in [0.25, 0.3) is 0 Å². The highest BCUT2D eigenvalue weighted by Crippen LogP contribution is 2.29. The first-order valence-corrected chi connectivity index (χ1v) is 10.6. The number of hydrogen-bond donors (Lipinski definition) is 1. The number of aromatic nitrogens is 4. The van der Waals surface area contributed by atoms with Crippen molar-refractivity contribution < 1.29 is 13.2 Å². The smallest absolute Gasteiger partial charge is 0.267 e. The minimum Gasteiger partial charge on any atom is -0.347 e. The molecule has 1 amide bonds. The first kappa shape index (κ1) is 16.6. The minimum atomic E-state index is -3.18. The summed E-state index contributed by atoms with van der Waals surface area (Å²) in [7, 11) is -3.18. The molecule has 0 unspecified atom stereocenters. The van der Waals surface area contributed by atoms with E-state index in [1.807, 2.05) is 0 Å². The SMILES string of the molecule is Cc1nnsc1C(=O)N1CCN(Cc2cnc[nH]2)[C@@H]2CS(=O)(=O)C[C@@H]21. The van der Waals surface area contributed by atoms with Crippen molar-refractivity contribution >= 4 is 27.3 Å². The molecule has 2 aromatic heterocycles. The quantitative estimate of drug-likeness (QED) is 0.775. The third kappa shape index (κ3) is 3.07. The molecule has 0 radical (unpaired) electrons. The third-order valence-corrected chi connectivity index (χ3v) is 7.34. The maximum absolute atomic E-state index is 12.9. The Hall–Kier alpha value is -1.85. The third-order valence-electron chi connectivity index (χ3n) is 4.83. The van der Waals surface area contributed by atoms with E-state index in [1.54, 1.807) is 24.3 Å². The van der Waals surface area contributed by atoms with Crippen molar-refractivity contribution in [3.8, 4) is 0 Å². The summed E-state index contributed by atoms with van der Waals surface area (Å²) >= 11 is 1.06. The van der Waals surface area contributed by atoms with Gasteiger partial charge in [-0.1, -0.05) is 4.49 Å². The number of rotatable bonds is 3. The zero-order valence-corrected chi connectivity index (χ0v) is 15.3. The van der Waals surface area contributed by atoms with Gasteiger partial charge in [0, 0.05) is 37.6 Å². The summed E-state index contributed by atoms with van der Waals surface area (Å²) in [5, 5.41) is 3.89. The van der Waals surface area contributed by atoms with Gasteiger partial charge < -0.3 is 9.88 Å². The molecule has 0 saturated carbocycles. The minimum absolute atomic E-state index is 0.00810. The number of carbonyl (C=O) groups excluding carboxylic acids is 1.